The van der Waals surface area contributed by atoms with E-state index in [2.05, 4.69) is 34.3 Å². The van der Waals surface area contributed by atoms with Crippen molar-refractivity contribution in [3.63, 3.8) is 0 Å². The van der Waals surface area contributed by atoms with Crippen LogP contribution in [0.2, 0.25) is 0 Å². The minimum absolute atomic E-state index is 0.0649. The number of rotatable bonds is 9. The van der Waals surface area contributed by atoms with Crippen molar-refractivity contribution in [1.29, 1.82) is 0 Å². The summed E-state index contributed by atoms with van der Waals surface area (Å²) in [5.41, 5.74) is 1.24. The van der Waals surface area contributed by atoms with Gasteiger partial charge in [-0.15, -0.1) is 0 Å². The Morgan fingerprint density at radius 3 is 2.76 bits per heavy atom. The Hall–Kier alpha value is -2.44. The molecule has 0 unspecified atom stereocenters. The Bertz CT molecular complexity index is 894. The van der Waals surface area contributed by atoms with Gasteiger partial charge >= 0.3 is 0 Å². The summed E-state index contributed by atoms with van der Waals surface area (Å²) in [5.74, 6) is 0.528. The van der Waals surface area contributed by atoms with Crippen molar-refractivity contribution in [2.75, 3.05) is 39.8 Å². The summed E-state index contributed by atoms with van der Waals surface area (Å²) in [6, 6.07) is 17.2. The average Bonchev–Trinajstić information content (AvgIpc) is 3.23. The minimum Gasteiger partial charge on any atom is -0.493 e. The van der Waals surface area contributed by atoms with Crippen molar-refractivity contribution >= 4 is 5.91 Å². The molecule has 2 fully saturated rings. The van der Waals surface area contributed by atoms with Crippen LogP contribution in [0.3, 0.4) is 0 Å². The maximum Gasteiger partial charge on any atom is 0.224 e. The maximum absolute atomic E-state index is 13.5. The third-order valence-electron chi connectivity index (χ3n) is 6.96. The van der Waals surface area contributed by atoms with Gasteiger partial charge in [0.2, 0.25) is 5.91 Å². The molecule has 1 amide bonds. The van der Waals surface area contributed by atoms with Crippen molar-refractivity contribution in [3.8, 4) is 5.75 Å². The molecule has 1 N–H and O–H groups in total. The molecule has 2 saturated heterocycles. The first-order valence-electron chi connectivity index (χ1n) is 12.2. The number of halogens is 1. The minimum atomic E-state index is -0.299. The van der Waals surface area contributed by atoms with Crippen LogP contribution in [0.25, 0.3) is 0 Å². The lowest BCUT2D eigenvalue weighted by atomic mass is 9.88. The van der Waals surface area contributed by atoms with Gasteiger partial charge in [0, 0.05) is 44.2 Å². The number of nitrogens with zero attached hydrogens (tertiary/aromatic N) is 2. The highest BCUT2D eigenvalue weighted by molar-refractivity contribution is 5.79. The van der Waals surface area contributed by atoms with Crippen LogP contribution in [-0.4, -0.2) is 61.6 Å². The SMILES string of the molecule is CN1CCC[C@H]1CCNC(=O)[C@@H]1C[C@H](COc2cccc(F)c2)CN(Cc2ccccc2)C1. The van der Waals surface area contributed by atoms with Gasteiger partial charge in [-0.05, 0) is 57.0 Å². The second kappa shape index (κ2) is 11.6. The van der Waals surface area contributed by atoms with Crippen LogP contribution in [0.15, 0.2) is 54.6 Å². The second-order valence-electron chi connectivity index (χ2n) is 9.60. The molecule has 0 radical (unpaired) electrons. The molecule has 4 rings (SSSR count). The summed E-state index contributed by atoms with van der Waals surface area (Å²) in [6.45, 7) is 4.79. The van der Waals surface area contributed by atoms with E-state index in [9.17, 15) is 9.18 Å². The first-order valence-corrected chi connectivity index (χ1v) is 12.2. The number of hydrogen-bond acceptors (Lipinski definition) is 4. The number of carbonyl (C=O) groups excluding carboxylic acids is 1. The van der Waals surface area contributed by atoms with Gasteiger partial charge in [0.25, 0.3) is 0 Å². The van der Waals surface area contributed by atoms with Gasteiger partial charge in [-0.3, -0.25) is 9.69 Å². The van der Waals surface area contributed by atoms with E-state index in [4.69, 9.17) is 4.74 Å². The highest BCUT2D eigenvalue weighted by Crippen LogP contribution is 2.25. The normalized spacial score (nSPS) is 24.0. The van der Waals surface area contributed by atoms with E-state index in [0.717, 1.165) is 45.6 Å². The predicted molar refractivity (Wildman–Crippen MR) is 128 cm³/mol. The van der Waals surface area contributed by atoms with Crippen molar-refractivity contribution in [2.45, 2.75) is 38.3 Å². The zero-order valence-electron chi connectivity index (χ0n) is 19.6. The molecule has 0 bridgehead atoms. The van der Waals surface area contributed by atoms with Gasteiger partial charge in [0.1, 0.15) is 11.6 Å². The molecule has 6 heteroatoms. The van der Waals surface area contributed by atoms with E-state index in [1.807, 2.05) is 18.2 Å². The van der Waals surface area contributed by atoms with Crippen LogP contribution in [-0.2, 0) is 11.3 Å². The maximum atomic E-state index is 13.5. The molecule has 0 aliphatic carbocycles. The topological polar surface area (TPSA) is 44.8 Å². The van der Waals surface area contributed by atoms with Crippen LogP contribution in [0.4, 0.5) is 4.39 Å². The number of benzene rings is 2. The van der Waals surface area contributed by atoms with Gasteiger partial charge in [0.15, 0.2) is 0 Å². The number of piperidine rings is 1. The third-order valence-corrected chi connectivity index (χ3v) is 6.96. The molecular weight excluding hydrogens is 417 g/mol. The van der Waals surface area contributed by atoms with Crippen molar-refractivity contribution in [2.24, 2.45) is 11.8 Å². The fourth-order valence-electron chi connectivity index (χ4n) is 5.21. The van der Waals surface area contributed by atoms with Crippen molar-refractivity contribution < 1.29 is 13.9 Å². The lowest BCUT2D eigenvalue weighted by Crippen LogP contribution is -2.47. The third kappa shape index (κ3) is 7.02. The monoisotopic (exact) mass is 453 g/mol. The number of likely N-dealkylation sites (tertiary alicyclic amines) is 2. The molecule has 0 spiro atoms. The summed E-state index contributed by atoms with van der Waals surface area (Å²) in [6.07, 6.45) is 4.27. The fourth-order valence-corrected chi connectivity index (χ4v) is 5.21. The highest BCUT2D eigenvalue weighted by Gasteiger charge is 2.32. The summed E-state index contributed by atoms with van der Waals surface area (Å²) in [5, 5.41) is 3.20. The van der Waals surface area contributed by atoms with Gasteiger partial charge in [0.05, 0.1) is 12.5 Å². The van der Waals surface area contributed by atoms with Crippen molar-refractivity contribution in [1.82, 2.24) is 15.1 Å². The number of carbonyl (C=O) groups is 1. The van der Waals surface area contributed by atoms with Gasteiger partial charge in [-0.25, -0.2) is 4.39 Å². The summed E-state index contributed by atoms with van der Waals surface area (Å²) >= 11 is 0. The van der Waals surface area contributed by atoms with Crippen molar-refractivity contribution in [3.05, 3.63) is 66.0 Å². The van der Waals surface area contributed by atoms with Crippen LogP contribution < -0.4 is 10.1 Å². The lowest BCUT2D eigenvalue weighted by molar-refractivity contribution is -0.127. The average molecular weight is 454 g/mol. The Balaban J connectivity index is 1.34. The molecule has 0 saturated carbocycles. The lowest BCUT2D eigenvalue weighted by Gasteiger charge is -2.37. The van der Waals surface area contributed by atoms with Crippen LogP contribution >= 0.6 is 0 Å². The smallest absolute Gasteiger partial charge is 0.224 e. The zero-order valence-corrected chi connectivity index (χ0v) is 19.6. The van der Waals surface area contributed by atoms with E-state index in [-0.39, 0.29) is 23.6 Å². The molecule has 178 valence electrons. The number of nitrogens with one attached hydrogen (secondary N) is 1. The van der Waals surface area contributed by atoms with E-state index in [0.29, 0.717) is 18.4 Å². The quantitative estimate of drug-likeness (QED) is 0.625. The second-order valence-corrected chi connectivity index (χ2v) is 9.60. The fraction of sp³-hybridized carbons (Fsp3) is 0.519. The highest BCUT2D eigenvalue weighted by atomic mass is 19.1. The first-order chi connectivity index (χ1) is 16.1. The number of hydrogen-bond donors (Lipinski definition) is 1. The zero-order chi connectivity index (χ0) is 23.0. The van der Waals surface area contributed by atoms with E-state index in [1.54, 1.807) is 12.1 Å². The van der Waals surface area contributed by atoms with E-state index in [1.165, 1.54) is 30.5 Å². The summed E-state index contributed by atoms with van der Waals surface area (Å²) in [4.78, 5) is 17.8. The molecule has 2 heterocycles. The number of amides is 1. The van der Waals surface area contributed by atoms with Gasteiger partial charge in [-0.1, -0.05) is 36.4 Å². The first kappa shape index (κ1) is 23.7. The van der Waals surface area contributed by atoms with Crippen LogP contribution in [0, 0.1) is 17.7 Å². The molecule has 2 aromatic rings. The Kier molecular flexibility index (Phi) is 8.35. The molecule has 0 aromatic heterocycles. The number of ether oxygens (including phenoxy) is 1. The molecule has 2 aliphatic heterocycles. The molecule has 2 aliphatic rings. The van der Waals surface area contributed by atoms with E-state index < -0.39 is 0 Å². The molecule has 5 nitrogen and oxygen atoms in total. The standard InChI is InChI=1S/C27H36FN3O2/c1-30-14-6-10-25(30)12-13-29-27(32)23-15-22(20-33-26-11-5-9-24(28)16-26)18-31(19-23)17-21-7-3-2-4-8-21/h2-5,7-9,11,16,22-23,25H,6,10,12-15,17-20H2,1H3,(H,29,32)/t22-,23+,25-/m0/s1. The summed E-state index contributed by atoms with van der Waals surface area (Å²) < 4.78 is 19.4. The largest absolute Gasteiger partial charge is 0.493 e. The molecule has 33 heavy (non-hydrogen) atoms. The molecular formula is C27H36FN3O2. The van der Waals surface area contributed by atoms with Crippen LogP contribution in [0.1, 0.15) is 31.2 Å². The van der Waals surface area contributed by atoms with Gasteiger partial charge in [-0.2, -0.15) is 0 Å². The predicted octanol–water partition coefficient (Wildman–Crippen LogP) is 3.94. The Morgan fingerprint density at radius 1 is 1.15 bits per heavy atom. The Morgan fingerprint density at radius 2 is 2.00 bits per heavy atom. The molecule has 3 atom stereocenters. The summed E-state index contributed by atoms with van der Waals surface area (Å²) in [7, 11) is 2.17. The molecule has 2 aromatic carbocycles. The Labute approximate surface area is 196 Å². The van der Waals surface area contributed by atoms with Gasteiger partial charge < -0.3 is 15.0 Å². The van der Waals surface area contributed by atoms with E-state index >= 15 is 0 Å². The van der Waals surface area contributed by atoms with Crippen LogP contribution in [0.5, 0.6) is 5.75 Å².